The molecule has 27 heavy (non-hydrogen) atoms. The lowest BCUT2D eigenvalue weighted by Gasteiger charge is -2.12. The summed E-state index contributed by atoms with van der Waals surface area (Å²) >= 11 is 0. The Morgan fingerprint density at radius 2 is 2.00 bits per heavy atom. The van der Waals surface area contributed by atoms with Crippen molar-refractivity contribution in [2.45, 2.75) is 6.92 Å². The molecule has 0 amide bonds. The van der Waals surface area contributed by atoms with Gasteiger partial charge in [-0.25, -0.2) is 9.67 Å². The van der Waals surface area contributed by atoms with E-state index in [0.717, 1.165) is 33.8 Å². The van der Waals surface area contributed by atoms with Crippen LogP contribution < -0.4 is 15.4 Å². The fraction of sp³-hybridized carbons (Fsp3) is 0.158. The van der Waals surface area contributed by atoms with Crippen LogP contribution in [0.2, 0.25) is 0 Å². The molecule has 0 spiro atoms. The molecule has 0 aliphatic heterocycles. The summed E-state index contributed by atoms with van der Waals surface area (Å²) in [5, 5.41) is 11.9. The Bertz CT molecular complexity index is 1070. The smallest absolute Gasteiger partial charge is 0.229 e. The Kier molecular flexibility index (Phi) is 4.29. The number of aromatic nitrogens is 5. The molecule has 0 atom stereocenters. The third kappa shape index (κ3) is 3.37. The minimum atomic E-state index is 0.519. The Labute approximate surface area is 156 Å². The van der Waals surface area contributed by atoms with E-state index in [1.807, 2.05) is 50.5 Å². The molecule has 136 valence electrons. The summed E-state index contributed by atoms with van der Waals surface area (Å²) in [5.74, 6) is 1.98. The molecule has 0 fully saturated rings. The highest BCUT2D eigenvalue weighted by Crippen LogP contribution is 2.28. The van der Waals surface area contributed by atoms with Crippen LogP contribution in [0.15, 0.2) is 48.9 Å². The maximum Gasteiger partial charge on any atom is 0.229 e. The van der Waals surface area contributed by atoms with Gasteiger partial charge in [-0.1, -0.05) is 0 Å². The van der Waals surface area contributed by atoms with Crippen LogP contribution in [0.3, 0.4) is 0 Å². The molecule has 8 heteroatoms. The molecule has 3 heterocycles. The fourth-order valence-electron chi connectivity index (χ4n) is 2.82. The van der Waals surface area contributed by atoms with Crippen molar-refractivity contribution in [2.75, 3.05) is 24.8 Å². The molecule has 2 N–H and O–H groups in total. The molecule has 3 aromatic heterocycles. The minimum absolute atomic E-state index is 0.519. The zero-order chi connectivity index (χ0) is 18.8. The van der Waals surface area contributed by atoms with Gasteiger partial charge in [0.2, 0.25) is 5.95 Å². The van der Waals surface area contributed by atoms with Crippen LogP contribution in [0, 0.1) is 6.92 Å². The number of hydrogen-bond acceptors (Lipinski definition) is 7. The lowest BCUT2D eigenvalue weighted by atomic mass is 10.2. The Hall–Kier alpha value is -3.68. The van der Waals surface area contributed by atoms with Crippen molar-refractivity contribution in [1.29, 1.82) is 0 Å². The minimum Gasteiger partial charge on any atom is -0.494 e. The number of rotatable bonds is 5. The number of fused-ring (bicyclic) bond motifs is 1. The van der Waals surface area contributed by atoms with Crippen molar-refractivity contribution in [3.8, 4) is 11.4 Å². The van der Waals surface area contributed by atoms with Gasteiger partial charge in [0.15, 0.2) is 0 Å². The molecule has 0 unspecified atom stereocenters. The SMILES string of the molecule is CNc1cc(C)nc(Nc2ccc(OC)c(-n3cc4ccncc4n3)c2)n1. The van der Waals surface area contributed by atoms with Crippen molar-refractivity contribution < 1.29 is 4.74 Å². The lowest BCUT2D eigenvalue weighted by molar-refractivity contribution is 0.412. The number of pyridine rings is 1. The quantitative estimate of drug-likeness (QED) is 0.563. The number of nitrogens with zero attached hydrogens (tertiary/aromatic N) is 5. The molecule has 0 aliphatic carbocycles. The Morgan fingerprint density at radius 1 is 1.11 bits per heavy atom. The van der Waals surface area contributed by atoms with Gasteiger partial charge in [0.1, 0.15) is 22.8 Å². The molecule has 8 nitrogen and oxygen atoms in total. The van der Waals surface area contributed by atoms with Gasteiger partial charge >= 0.3 is 0 Å². The zero-order valence-electron chi connectivity index (χ0n) is 15.3. The van der Waals surface area contributed by atoms with Gasteiger partial charge in [-0.05, 0) is 31.2 Å². The standard InChI is InChI=1S/C19H19N7O/c1-12-8-18(20-2)24-19(22-12)23-14-4-5-17(27-3)16(9-14)26-11-13-6-7-21-10-15(13)25-26/h4-11H,1-3H3,(H2,20,22,23,24). The molecule has 0 saturated heterocycles. The first-order valence-corrected chi connectivity index (χ1v) is 8.44. The molecule has 4 aromatic rings. The molecule has 0 aliphatic rings. The van der Waals surface area contributed by atoms with Gasteiger partial charge in [0, 0.05) is 42.3 Å². The van der Waals surface area contributed by atoms with Gasteiger partial charge in [0.05, 0.1) is 13.3 Å². The maximum atomic E-state index is 5.51. The highest BCUT2D eigenvalue weighted by Gasteiger charge is 2.11. The lowest BCUT2D eigenvalue weighted by Crippen LogP contribution is -2.04. The molecular formula is C19H19N7O. The number of ether oxygens (including phenoxy) is 1. The molecule has 0 saturated carbocycles. The highest BCUT2D eigenvalue weighted by molar-refractivity contribution is 5.77. The van der Waals surface area contributed by atoms with E-state index in [1.165, 1.54) is 0 Å². The monoisotopic (exact) mass is 361 g/mol. The van der Waals surface area contributed by atoms with Crippen LogP contribution in [-0.4, -0.2) is 38.9 Å². The van der Waals surface area contributed by atoms with Crippen LogP contribution in [-0.2, 0) is 0 Å². The van der Waals surface area contributed by atoms with Crippen LogP contribution in [0.1, 0.15) is 5.69 Å². The van der Waals surface area contributed by atoms with E-state index in [1.54, 1.807) is 24.2 Å². The second-order valence-electron chi connectivity index (χ2n) is 5.99. The normalized spacial score (nSPS) is 10.8. The Morgan fingerprint density at radius 3 is 2.78 bits per heavy atom. The predicted molar refractivity (Wildman–Crippen MR) is 105 cm³/mol. The van der Waals surface area contributed by atoms with Gasteiger partial charge < -0.3 is 15.4 Å². The van der Waals surface area contributed by atoms with Crippen molar-refractivity contribution in [3.05, 3.63) is 54.6 Å². The van der Waals surface area contributed by atoms with Gasteiger partial charge in [-0.2, -0.15) is 10.1 Å². The van der Waals surface area contributed by atoms with E-state index in [-0.39, 0.29) is 0 Å². The second kappa shape index (κ2) is 6.91. The second-order valence-corrected chi connectivity index (χ2v) is 5.99. The maximum absolute atomic E-state index is 5.51. The summed E-state index contributed by atoms with van der Waals surface area (Å²) in [5.41, 5.74) is 3.33. The summed E-state index contributed by atoms with van der Waals surface area (Å²) in [7, 11) is 3.47. The summed E-state index contributed by atoms with van der Waals surface area (Å²) in [6.45, 7) is 1.93. The fourth-order valence-corrected chi connectivity index (χ4v) is 2.82. The van der Waals surface area contributed by atoms with Crippen LogP contribution >= 0.6 is 0 Å². The van der Waals surface area contributed by atoms with Crippen molar-refractivity contribution in [1.82, 2.24) is 24.7 Å². The predicted octanol–water partition coefficient (Wildman–Crippen LogP) is 3.31. The zero-order valence-corrected chi connectivity index (χ0v) is 15.3. The molecule has 0 bridgehead atoms. The average Bonchev–Trinajstić information content (AvgIpc) is 3.11. The number of methoxy groups -OCH3 is 1. The van der Waals surface area contributed by atoms with Crippen LogP contribution in [0.4, 0.5) is 17.5 Å². The highest BCUT2D eigenvalue weighted by atomic mass is 16.5. The third-order valence-electron chi connectivity index (χ3n) is 4.10. The number of hydrogen-bond donors (Lipinski definition) is 2. The molecule has 4 rings (SSSR count). The summed E-state index contributed by atoms with van der Waals surface area (Å²) in [6.07, 6.45) is 5.43. The Balaban J connectivity index is 1.73. The van der Waals surface area contributed by atoms with Gasteiger partial charge in [-0.15, -0.1) is 0 Å². The van der Waals surface area contributed by atoms with Crippen molar-refractivity contribution >= 4 is 28.4 Å². The topological polar surface area (TPSA) is 89.8 Å². The van der Waals surface area contributed by atoms with E-state index >= 15 is 0 Å². The van der Waals surface area contributed by atoms with Crippen molar-refractivity contribution in [2.24, 2.45) is 0 Å². The average molecular weight is 361 g/mol. The largest absolute Gasteiger partial charge is 0.494 e. The number of aryl methyl sites for hydroxylation is 1. The van der Waals surface area contributed by atoms with E-state index in [4.69, 9.17) is 4.74 Å². The molecule has 0 radical (unpaired) electrons. The van der Waals surface area contributed by atoms with E-state index in [2.05, 4.69) is 30.7 Å². The number of anilines is 3. The molecular weight excluding hydrogens is 342 g/mol. The van der Waals surface area contributed by atoms with E-state index < -0.39 is 0 Å². The van der Waals surface area contributed by atoms with Crippen LogP contribution in [0.5, 0.6) is 5.75 Å². The first-order chi connectivity index (χ1) is 13.2. The van der Waals surface area contributed by atoms with E-state index in [9.17, 15) is 0 Å². The summed E-state index contributed by atoms with van der Waals surface area (Å²) in [6, 6.07) is 9.55. The first kappa shape index (κ1) is 16.8. The third-order valence-corrected chi connectivity index (χ3v) is 4.10. The summed E-state index contributed by atoms with van der Waals surface area (Å²) in [4.78, 5) is 13.0. The summed E-state index contributed by atoms with van der Waals surface area (Å²) < 4.78 is 7.30. The number of nitrogens with one attached hydrogen (secondary N) is 2. The van der Waals surface area contributed by atoms with Gasteiger partial charge in [-0.3, -0.25) is 4.98 Å². The van der Waals surface area contributed by atoms with Gasteiger partial charge in [0.25, 0.3) is 0 Å². The van der Waals surface area contributed by atoms with Crippen molar-refractivity contribution in [3.63, 3.8) is 0 Å². The first-order valence-electron chi connectivity index (χ1n) is 8.44. The van der Waals surface area contributed by atoms with Crippen LogP contribution in [0.25, 0.3) is 16.6 Å². The molecule has 1 aromatic carbocycles. The van der Waals surface area contributed by atoms with E-state index in [0.29, 0.717) is 11.7 Å². The number of benzene rings is 1.